The fourth-order valence-corrected chi connectivity index (χ4v) is 1.96. The minimum absolute atomic E-state index is 0.120. The van der Waals surface area contributed by atoms with E-state index < -0.39 is 0 Å². The van der Waals surface area contributed by atoms with Crippen molar-refractivity contribution in [2.24, 2.45) is 0 Å². The molecule has 0 fully saturated rings. The van der Waals surface area contributed by atoms with Crippen molar-refractivity contribution >= 4 is 17.5 Å². The second-order valence-electron chi connectivity index (χ2n) is 4.27. The zero-order valence-corrected chi connectivity index (χ0v) is 11.2. The number of phenolic OH excluding ortho intramolecular Hbond substituents is 1. The van der Waals surface area contributed by atoms with Crippen LogP contribution in [0.4, 0.5) is 0 Å². The molecular weight excluding hydrogens is 262 g/mol. The second kappa shape index (κ2) is 5.76. The van der Waals surface area contributed by atoms with Gasteiger partial charge in [0.15, 0.2) is 0 Å². The number of phenols is 1. The molecule has 0 radical (unpaired) electrons. The standard InChI is InChI=1S/C15H14ClNO2/c1-10(11-5-3-2-4-6-11)17-15(19)13-8-7-12(16)9-14(13)18/h2-10,18H,1H3,(H,17,19). The summed E-state index contributed by atoms with van der Waals surface area (Å²) in [6, 6.07) is 13.9. The predicted octanol–water partition coefficient (Wildman–Crippen LogP) is 3.54. The molecule has 19 heavy (non-hydrogen) atoms. The number of hydrogen-bond acceptors (Lipinski definition) is 2. The summed E-state index contributed by atoms with van der Waals surface area (Å²) < 4.78 is 0. The predicted molar refractivity (Wildman–Crippen MR) is 75.4 cm³/mol. The van der Waals surface area contributed by atoms with E-state index in [0.29, 0.717) is 5.02 Å². The van der Waals surface area contributed by atoms with E-state index in [1.54, 1.807) is 6.07 Å². The average molecular weight is 276 g/mol. The topological polar surface area (TPSA) is 49.3 Å². The monoisotopic (exact) mass is 275 g/mol. The molecule has 0 bridgehead atoms. The molecule has 0 aliphatic carbocycles. The van der Waals surface area contributed by atoms with E-state index in [4.69, 9.17) is 11.6 Å². The quantitative estimate of drug-likeness (QED) is 0.900. The van der Waals surface area contributed by atoms with E-state index in [2.05, 4.69) is 5.32 Å². The Balaban J connectivity index is 2.13. The van der Waals surface area contributed by atoms with Gasteiger partial charge in [0, 0.05) is 5.02 Å². The van der Waals surface area contributed by atoms with Gasteiger partial charge in [-0.2, -0.15) is 0 Å². The number of amides is 1. The molecular formula is C15H14ClNO2. The zero-order chi connectivity index (χ0) is 13.8. The summed E-state index contributed by atoms with van der Waals surface area (Å²) >= 11 is 5.73. The molecule has 2 aromatic rings. The number of carbonyl (C=O) groups is 1. The first-order valence-electron chi connectivity index (χ1n) is 5.92. The maximum absolute atomic E-state index is 12.0. The minimum atomic E-state index is -0.328. The van der Waals surface area contributed by atoms with Crippen LogP contribution >= 0.6 is 11.6 Å². The lowest BCUT2D eigenvalue weighted by Gasteiger charge is -2.14. The number of benzene rings is 2. The van der Waals surface area contributed by atoms with Crippen molar-refractivity contribution in [1.29, 1.82) is 0 Å². The lowest BCUT2D eigenvalue weighted by molar-refractivity contribution is 0.0937. The van der Waals surface area contributed by atoms with E-state index >= 15 is 0 Å². The SMILES string of the molecule is CC(NC(=O)c1ccc(Cl)cc1O)c1ccccc1. The Hall–Kier alpha value is -2.00. The molecule has 1 amide bonds. The van der Waals surface area contributed by atoms with Crippen LogP contribution in [-0.4, -0.2) is 11.0 Å². The summed E-state index contributed by atoms with van der Waals surface area (Å²) in [5.74, 6) is -0.448. The highest BCUT2D eigenvalue weighted by Crippen LogP contribution is 2.22. The molecule has 2 rings (SSSR count). The summed E-state index contributed by atoms with van der Waals surface area (Å²) in [5.41, 5.74) is 1.22. The third-order valence-corrected chi connectivity index (χ3v) is 3.09. The van der Waals surface area contributed by atoms with Crippen LogP contribution in [0.25, 0.3) is 0 Å². The molecule has 0 aromatic heterocycles. The highest BCUT2D eigenvalue weighted by molar-refractivity contribution is 6.30. The Labute approximate surface area is 116 Å². The molecule has 4 heteroatoms. The van der Waals surface area contributed by atoms with Gasteiger partial charge in [-0.25, -0.2) is 0 Å². The average Bonchev–Trinajstić information content (AvgIpc) is 2.39. The third-order valence-electron chi connectivity index (χ3n) is 2.85. The highest BCUT2D eigenvalue weighted by atomic mass is 35.5. The maximum Gasteiger partial charge on any atom is 0.255 e. The first-order valence-corrected chi connectivity index (χ1v) is 6.30. The van der Waals surface area contributed by atoms with Gasteiger partial charge in [-0.05, 0) is 30.7 Å². The van der Waals surface area contributed by atoms with Crippen LogP contribution in [0.1, 0.15) is 28.9 Å². The van der Waals surface area contributed by atoms with Gasteiger partial charge < -0.3 is 10.4 Å². The van der Waals surface area contributed by atoms with Gasteiger partial charge in [0.25, 0.3) is 5.91 Å². The fourth-order valence-electron chi connectivity index (χ4n) is 1.80. The summed E-state index contributed by atoms with van der Waals surface area (Å²) in [5, 5.41) is 12.9. The molecule has 0 spiro atoms. The molecule has 0 heterocycles. The second-order valence-corrected chi connectivity index (χ2v) is 4.70. The number of rotatable bonds is 3. The minimum Gasteiger partial charge on any atom is -0.507 e. The molecule has 0 aliphatic rings. The number of halogens is 1. The van der Waals surface area contributed by atoms with Crippen molar-refractivity contribution in [2.75, 3.05) is 0 Å². The van der Waals surface area contributed by atoms with Gasteiger partial charge >= 0.3 is 0 Å². The van der Waals surface area contributed by atoms with Crippen molar-refractivity contribution in [3.05, 3.63) is 64.7 Å². The largest absolute Gasteiger partial charge is 0.507 e. The van der Waals surface area contributed by atoms with Gasteiger partial charge in [0.2, 0.25) is 0 Å². The van der Waals surface area contributed by atoms with E-state index in [0.717, 1.165) is 5.56 Å². The molecule has 2 aromatic carbocycles. The summed E-state index contributed by atoms with van der Waals surface area (Å²) in [6.07, 6.45) is 0. The molecule has 2 N–H and O–H groups in total. The fraction of sp³-hybridized carbons (Fsp3) is 0.133. The van der Waals surface area contributed by atoms with Crippen LogP contribution in [0.15, 0.2) is 48.5 Å². The van der Waals surface area contributed by atoms with Crippen LogP contribution in [0, 0.1) is 0 Å². The summed E-state index contributed by atoms with van der Waals surface area (Å²) in [7, 11) is 0. The summed E-state index contributed by atoms with van der Waals surface area (Å²) in [4.78, 5) is 12.0. The molecule has 3 nitrogen and oxygen atoms in total. The Bertz CT molecular complexity index is 584. The molecule has 0 saturated heterocycles. The van der Waals surface area contributed by atoms with Crippen molar-refractivity contribution in [2.45, 2.75) is 13.0 Å². The molecule has 98 valence electrons. The van der Waals surface area contributed by atoms with Gasteiger partial charge in [-0.15, -0.1) is 0 Å². The Kier molecular flexibility index (Phi) is 4.07. The van der Waals surface area contributed by atoms with Gasteiger partial charge in [-0.1, -0.05) is 41.9 Å². The molecule has 1 unspecified atom stereocenters. The lowest BCUT2D eigenvalue weighted by atomic mass is 10.1. The Morgan fingerprint density at radius 3 is 2.53 bits per heavy atom. The van der Waals surface area contributed by atoms with E-state index in [1.165, 1.54) is 12.1 Å². The first kappa shape index (κ1) is 13.4. The molecule has 1 atom stereocenters. The van der Waals surface area contributed by atoms with Crippen molar-refractivity contribution in [3.63, 3.8) is 0 Å². The normalized spacial score (nSPS) is 11.9. The summed E-state index contributed by atoms with van der Waals surface area (Å²) in [6.45, 7) is 1.89. The van der Waals surface area contributed by atoms with Crippen LogP contribution in [0.3, 0.4) is 0 Å². The number of aromatic hydroxyl groups is 1. The maximum atomic E-state index is 12.0. The van der Waals surface area contributed by atoms with Gasteiger partial charge in [-0.3, -0.25) is 4.79 Å². The number of hydrogen-bond donors (Lipinski definition) is 2. The number of nitrogens with one attached hydrogen (secondary N) is 1. The van der Waals surface area contributed by atoms with E-state index in [-0.39, 0.29) is 23.3 Å². The van der Waals surface area contributed by atoms with Gasteiger partial charge in [0.05, 0.1) is 11.6 Å². The van der Waals surface area contributed by atoms with Gasteiger partial charge in [0.1, 0.15) is 5.75 Å². The lowest BCUT2D eigenvalue weighted by Crippen LogP contribution is -2.26. The van der Waals surface area contributed by atoms with Crippen LogP contribution in [0.5, 0.6) is 5.75 Å². The first-order chi connectivity index (χ1) is 9.08. The Morgan fingerprint density at radius 1 is 1.21 bits per heavy atom. The van der Waals surface area contributed by atoms with Crippen LogP contribution < -0.4 is 5.32 Å². The van der Waals surface area contributed by atoms with Crippen LogP contribution in [-0.2, 0) is 0 Å². The highest BCUT2D eigenvalue weighted by Gasteiger charge is 2.14. The number of carbonyl (C=O) groups excluding carboxylic acids is 1. The van der Waals surface area contributed by atoms with Crippen LogP contribution in [0.2, 0.25) is 5.02 Å². The Morgan fingerprint density at radius 2 is 1.89 bits per heavy atom. The van der Waals surface area contributed by atoms with E-state index in [9.17, 15) is 9.90 Å². The molecule has 0 saturated carbocycles. The zero-order valence-electron chi connectivity index (χ0n) is 10.4. The molecule has 0 aliphatic heterocycles. The van der Waals surface area contributed by atoms with Crippen molar-refractivity contribution < 1.29 is 9.90 Å². The van der Waals surface area contributed by atoms with E-state index in [1.807, 2.05) is 37.3 Å². The van der Waals surface area contributed by atoms with Crippen molar-refractivity contribution in [1.82, 2.24) is 5.32 Å². The van der Waals surface area contributed by atoms with Crippen molar-refractivity contribution in [3.8, 4) is 5.75 Å². The smallest absolute Gasteiger partial charge is 0.255 e. The third kappa shape index (κ3) is 3.26.